The second kappa shape index (κ2) is 11.2. The SMILES string of the molecule is CCS(=O)(=O)c1cnc(NC[C@@H](C)NC(=O)OC2CCN(Cc3ccccc3)CC2)nc1. The first-order chi connectivity index (χ1) is 15.4. The molecule has 1 aromatic heterocycles. The molecule has 1 aliphatic heterocycles. The zero-order valence-corrected chi connectivity index (χ0v) is 19.3. The molecule has 0 radical (unpaired) electrons. The molecule has 174 valence electrons. The molecule has 1 aliphatic rings. The largest absolute Gasteiger partial charge is 0.446 e. The summed E-state index contributed by atoms with van der Waals surface area (Å²) in [5.74, 6) is 0.297. The molecule has 1 fully saturated rings. The van der Waals surface area contributed by atoms with Gasteiger partial charge in [0.15, 0.2) is 9.84 Å². The molecule has 1 amide bonds. The number of benzene rings is 1. The third-order valence-electron chi connectivity index (χ3n) is 5.36. The zero-order valence-electron chi connectivity index (χ0n) is 18.5. The van der Waals surface area contributed by atoms with E-state index in [0.29, 0.717) is 12.5 Å². The first-order valence-corrected chi connectivity index (χ1v) is 12.5. The number of ether oxygens (including phenoxy) is 1. The van der Waals surface area contributed by atoms with Crippen LogP contribution in [0, 0.1) is 0 Å². The van der Waals surface area contributed by atoms with E-state index in [4.69, 9.17) is 4.74 Å². The maximum absolute atomic E-state index is 12.2. The van der Waals surface area contributed by atoms with Gasteiger partial charge in [-0.05, 0) is 25.3 Å². The van der Waals surface area contributed by atoms with Gasteiger partial charge >= 0.3 is 6.09 Å². The molecule has 0 bridgehead atoms. The van der Waals surface area contributed by atoms with Crippen molar-refractivity contribution in [2.75, 3.05) is 30.7 Å². The minimum absolute atomic E-state index is 0.00173. The molecule has 0 spiro atoms. The lowest BCUT2D eigenvalue weighted by molar-refractivity contribution is 0.0475. The summed E-state index contributed by atoms with van der Waals surface area (Å²) < 4.78 is 29.2. The van der Waals surface area contributed by atoms with E-state index in [1.807, 2.05) is 25.1 Å². The van der Waals surface area contributed by atoms with Crippen LogP contribution in [0.15, 0.2) is 47.6 Å². The van der Waals surface area contributed by atoms with E-state index in [1.165, 1.54) is 18.0 Å². The number of likely N-dealkylation sites (tertiary alicyclic amines) is 1. The number of aromatic nitrogens is 2. The van der Waals surface area contributed by atoms with E-state index in [2.05, 4.69) is 37.6 Å². The fraction of sp³-hybridized carbons (Fsp3) is 0.500. The van der Waals surface area contributed by atoms with E-state index in [1.54, 1.807) is 6.92 Å². The Morgan fingerprint density at radius 2 is 1.84 bits per heavy atom. The number of carbonyl (C=O) groups excluding carboxylic acids is 1. The smallest absolute Gasteiger partial charge is 0.407 e. The fourth-order valence-electron chi connectivity index (χ4n) is 3.44. The number of rotatable bonds is 9. The second-order valence-electron chi connectivity index (χ2n) is 7.94. The van der Waals surface area contributed by atoms with Crippen molar-refractivity contribution < 1.29 is 17.9 Å². The second-order valence-corrected chi connectivity index (χ2v) is 10.2. The van der Waals surface area contributed by atoms with Crippen LogP contribution in [0.1, 0.15) is 32.3 Å². The Hall–Kier alpha value is -2.72. The average Bonchev–Trinajstić information content (AvgIpc) is 2.80. The molecule has 10 heteroatoms. The molecular weight excluding hydrogens is 430 g/mol. The first-order valence-electron chi connectivity index (χ1n) is 10.9. The fourth-order valence-corrected chi connectivity index (χ4v) is 4.20. The predicted molar refractivity (Wildman–Crippen MR) is 122 cm³/mol. The van der Waals surface area contributed by atoms with Crippen LogP contribution in [0.3, 0.4) is 0 Å². The molecule has 0 aliphatic carbocycles. The van der Waals surface area contributed by atoms with Gasteiger partial charge in [0.1, 0.15) is 11.0 Å². The number of amides is 1. The van der Waals surface area contributed by atoms with Crippen molar-refractivity contribution in [1.29, 1.82) is 0 Å². The highest BCUT2D eigenvalue weighted by molar-refractivity contribution is 7.91. The van der Waals surface area contributed by atoms with Crippen LogP contribution in [-0.4, -0.2) is 66.9 Å². The highest BCUT2D eigenvalue weighted by atomic mass is 32.2. The van der Waals surface area contributed by atoms with Crippen LogP contribution in [0.2, 0.25) is 0 Å². The Balaban J connectivity index is 1.35. The minimum atomic E-state index is -3.33. The normalized spacial score (nSPS) is 16.3. The lowest BCUT2D eigenvalue weighted by Gasteiger charge is -2.31. The Labute approximate surface area is 189 Å². The van der Waals surface area contributed by atoms with Crippen molar-refractivity contribution in [1.82, 2.24) is 20.2 Å². The number of sulfone groups is 1. The van der Waals surface area contributed by atoms with E-state index in [0.717, 1.165) is 32.5 Å². The molecule has 1 saturated heterocycles. The number of carbonyl (C=O) groups is 1. The van der Waals surface area contributed by atoms with Gasteiger partial charge in [0.05, 0.1) is 18.1 Å². The van der Waals surface area contributed by atoms with Crippen molar-refractivity contribution in [3.63, 3.8) is 0 Å². The molecular formula is C22H31N5O4S. The summed E-state index contributed by atoms with van der Waals surface area (Å²) in [6.45, 7) is 6.49. The van der Waals surface area contributed by atoms with E-state index in [-0.39, 0.29) is 22.8 Å². The standard InChI is InChI=1S/C22H31N5O4S/c1-3-32(29,30)20-14-24-21(25-15-20)23-13-17(2)26-22(28)31-19-9-11-27(12-10-19)16-18-7-5-4-6-8-18/h4-8,14-15,17,19H,3,9-13,16H2,1-2H3,(H,26,28)(H,23,24,25)/t17-/m1/s1. The third kappa shape index (κ3) is 7.16. The Kier molecular flexibility index (Phi) is 8.40. The van der Waals surface area contributed by atoms with Gasteiger partial charge in [0.2, 0.25) is 5.95 Å². The summed E-state index contributed by atoms with van der Waals surface area (Å²) in [7, 11) is -3.33. The van der Waals surface area contributed by atoms with Gasteiger partial charge in [-0.1, -0.05) is 37.3 Å². The molecule has 2 N–H and O–H groups in total. The maximum atomic E-state index is 12.2. The highest BCUT2D eigenvalue weighted by Gasteiger charge is 2.23. The highest BCUT2D eigenvalue weighted by Crippen LogP contribution is 2.16. The van der Waals surface area contributed by atoms with Crippen LogP contribution in [0.5, 0.6) is 0 Å². The number of alkyl carbamates (subject to hydrolysis) is 1. The monoisotopic (exact) mass is 461 g/mol. The number of nitrogens with one attached hydrogen (secondary N) is 2. The number of hydrogen-bond acceptors (Lipinski definition) is 8. The Morgan fingerprint density at radius 1 is 1.19 bits per heavy atom. The summed E-state index contributed by atoms with van der Waals surface area (Å²) in [6, 6.07) is 10.1. The zero-order chi connectivity index (χ0) is 23.0. The molecule has 9 nitrogen and oxygen atoms in total. The summed E-state index contributed by atoms with van der Waals surface area (Å²) in [5.41, 5.74) is 1.29. The number of anilines is 1. The number of nitrogens with zero attached hydrogens (tertiary/aromatic N) is 3. The summed E-state index contributed by atoms with van der Waals surface area (Å²) in [4.78, 5) is 22.7. The predicted octanol–water partition coefficient (Wildman–Crippen LogP) is 2.46. The van der Waals surface area contributed by atoms with Gasteiger partial charge in [-0.25, -0.2) is 23.2 Å². The number of hydrogen-bond donors (Lipinski definition) is 2. The molecule has 0 unspecified atom stereocenters. The lowest BCUT2D eigenvalue weighted by atomic mass is 10.1. The van der Waals surface area contributed by atoms with Gasteiger partial charge in [0.25, 0.3) is 0 Å². The Morgan fingerprint density at radius 3 is 2.47 bits per heavy atom. The molecule has 3 rings (SSSR count). The molecule has 32 heavy (non-hydrogen) atoms. The van der Waals surface area contributed by atoms with Crippen LogP contribution in [-0.2, 0) is 21.1 Å². The van der Waals surface area contributed by atoms with Crippen LogP contribution in [0.25, 0.3) is 0 Å². The maximum Gasteiger partial charge on any atom is 0.407 e. The van der Waals surface area contributed by atoms with Crippen molar-refractivity contribution in [2.24, 2.45) is 0 Å². The van der Waals surface area contributed by atoms with E-state index in [9.17, 15) is 13.2 Å². The Bertz CT molecular complexity index is 962. The van der Waals surface area contributed by atoms with Gasteiger partial charge in [-0.15, -0.1) is 0 Å². The van der Waals surface area contributed by atoms with Crippen molar-refractivity contribution in [2.45, 2.75) is 50.3 Å². The van der Waals surface area contributed by atoms with Crippen molar-refractivity contribution in [3.8, 4) is 0 Å². The molecule has 2 aromatic rings. The van der Waals surface area contributed by atoms with Gasteiger partial charge < -0.3 is 15.4 Å². The molecule has 1 aromatic carbocycles. The van der Waals surface area contributed by atoms with Gasteiger partial charge in [-0.3, -0.25) is 4.90 Å². The van der Waals surface area contributed by atoms with Gasteiger partial charge in [-0.2, -0.15) is 0 Å². The molecule has 0 saturated carbocycles. The summed E-state index contributed by atoms with van der Waals surface area (Å²) in [5, 5.41) is 5.79. The number of piperidine rings is 1. The van der Waals surface area contributed by atoms with Crippen molar-refractivity contribution in [3.05, 3.63) is 48.3 Å². The van der Waals surface area contributed by atoms with Gasteiger partial charge in [0, 0.05) is 32.2 Å². The first kappa shape index (κ1) is 23.9. The van der Waals surface area contributed by atoms with E-state index < -0.39 is 15.9 Å². The van der Waals surface area contributed by atoms with Crippen LogP contribution >= 0.6 is 0 Å². The molecule has 2 heterocycles. The minimum Gasteiger partial charge on any atom is -0.446 e. The lowest BCUT2D eigenvalue weighted by Crippen LogP contribution is -2.42. The summed E-state index contributed by atoms with van der Waals surface area (Å²) >= 11 is 0. The molecule has 1 atom stereocenters. The van der Waals surface area contributed by atoms with Crippen molar-refractivity contribution >= 4 is 21.9 Å². The van der Waals surface area contributed by atoms with E-state index >= 15 is 0 Å². The quantitative estimate of drug-likeness (QED) is 0.585. The topological polar surface area (TPSA) is 114 Å². The summed E-state index contributed by atoms with van der Waals surface area (Å²) in [6.07, 6.45) is 3.67. The van der Waals surface area contributed by atoms with Crippen LogP contribution < -0.4 is 10.6 Å². The average molecular weight is 462 g/mol. The third-order valence-corrected chi connectivity index (χ3v) is 7.04. The van der Waals surface area contributed by atoms with Crippen LogP contribution in [0.4, 0.5) is 10.7 Å².